The van der Waals surface area contributed by atoms with Gasteiger partial charge >= 0.3 is 11.9 Å². The third-order valence-corrected chi connectivity index (χ3v) is 8.92. The number of fused-ring (bicyclic) bond motifs is 1. The topological polar surface area (TPSA) is 132 Å². The first-order chi connectivity index (χ1) is 17.1. The molecule has 192 valence electrons. The van der Waals surface area contributed by atoms with Crippen LogP contribution in [0.3, 0.4) is 0 Å². The minimum atomic E-state index is -3.85. The Morgan fingerprint density at radius 3 is 2.25 bits per heavy atom. The first-order valence-electron chi connectivity index (χ1n) is 11.3. The van der Waals surface area contributed by atoms with E-state index in [0.29, 0.717) is 24.6 Å². The molecule has 11 heteroatoms. The number of carboxylic acids is 2. The molecule has 0 saturated carbocycles. The van der Waals surface area contributed by atoms with Gasteiger partial charge in [-0.3, -0.25) is 9.69 Å². The smallest absolute Gasteiger partial charge is 0.328 e. The highest BCUT2D eigenvalue weighted by atomic mass is 32.2. The lowest BCUT2D eigenvalue weighted by molar-refractivity contribution is -0.134. The second-order valence-corrected chi connectivity index (χ2v) is 11.2. The molecule has 2 aromatic rings. The number of thioether (sulfide) groups is 1. The highest BCUT2D eigenvalue weighted by molar-refractivity contribution is 7.99. The van der Waals surface area contributed by atoms with Crippen LogP contribution in [0.5, 0.6) is 0 Å². The van der Waals surface area contributed by atoms with Crippen LogP contribution in [0.4, 0.5) is 0 Å². The van der Waals surface area contributed by atoms with Crippen LogP contribution < -0.4 is 0 Å². The van der Waals surface area contributed by atoms with Crippen molar-refractivity contribution in [2.75, 3.05) is 24.6 Å². The number of carbonyl (C=O) groups excluding carboxylic acids is 1. The molecule has 2 aliphatic heterocycles. The number of benzene rings is 2. The second-order valence-electron chi connectivity index (χ2n) is 8.29. The molecule has 2 unspecified atom stereocenters. The molecule has 36 heavy (non-hydrogen) atoms. The van der Waals surface area contributed by atoms with Crippen LogP contribution in [0.2, 0.25) is 0 Å². The maximum absolute atomic E-state index is 13.2. The quantitative estimate of drug-likeness (QED) is 0.516. The molecule has 0 aromatic heterocycles. The van der Waals surface area contributed by atoms with Crippen molar-refractivity contribution in [3.63, 3.8) is 0 Å². The van der Waals surface area contributed by atoms with Gasteiger partial charge in [-0.05, 0) is 31.0 Å². The Kier molecular flexibility index (Phi) is 9.30. The zero-order chi connectivity index (χ0) is 26.3. The summed E-state index contributed by atoms with van der Waals surface area (Å²) in [5, 5.41) is 15.6. The van der Waals surface area contributed by atoms with Crippen molar-refractivity contribution < 1.29 is 33.0 Å². The lowest BCUT2D eigenvalue weighted by atomic mass is 10.0. The SMILES string of the molecule is CC1CSCCN1CCC(c1ccccc1)N1C(=O)c2ccccc2S1(=O)=O.O=C(O)C=CC(=O)O. The van der Waals surface area contributed by atoms with E-state index in [4.69, 9.17) is 10.2 Å². The Balaban J connectivity index is 0.000000392. The van der Waals surface area contributed by atoms with Crippen LogP contribution in [0.15, 0.2) is 71.6 Å². The van der Waals surface area contributed by atoms with Gasteiger partial charge in [0.15, 0.2) is 0 Å². The molecule has 0 radical (unpaired) electrons. The fraction of sp³-hybridized carbons (Fsp3) is 0.320. The van der Waals surface area contributed by atoms with Crippen LogP contribution in [0.1, 0.15) is 35.3 Å². The Hall–Kier alpha value is -3.15. The van der Waals surface area contributed by atoms with Crippen molar-refractivity contribution in [3.8, 4) is 0 Å². The van der Waals surface area contributed by atoms with E-state index in [-0.39, 0.29) is 10.5 Å². The Bertz CT molecular complexity index is 1220. The summed E-state index contributed by atoms with van der Waals surface area (Å²) in [7, 11) is -3.85. The second kappa shape index (κ2) is 12.2. The minimum absolute atomic E-state index is 0.115. The molecule has 2 heterocycles. The summed E-state index contributed by atoms with van der Waals surface area (Å²) in [6, 6.07) is 15.9. The third kappa shape index (κ3) is 6.54. The molecule has 0 aliphatic carbocycles. The van der Waals surface area contributed by atoms with Crippen LogP contribution in [0.25, 0.3) is 0 Å². The van der Waals surface area contributed by atoms with E-state index in [1.165, 1.54) is 6.07 Å². The van der Waals surface area contributed by atoms with Crippen molar-refractivity contribution in [2.45, 2.75) is 30.3 Å². The summed E-state index contributed by atoms with van der Waals surface area (Å²) in [4.78, 5) is 34.7. The lowest BCUT2D eigenvalue weighted by Crippen LogP contribution is -2.43. The zero-order valence-electron chi connectivity index (χ0n) is 19.7. The maximum Gasteiger partial charge on any atom is 0.328 e. The summed E-state index contributed by atoms with van der Waals surface area (Å²) in [5.74, 6) is -0.763. The van der Waals surface area contributed by atoms with Crippen LogP contribution in [-0.4, -0.2) is 76.3 Å². The monoisotopic (exact) mass is 532 g/mol. The lowest BCUT2D eigenvalue weighted by Gasteiger charge is -2.35. The average molecular weight is 533 g/mol. The molecule has 2 aliphatic rings. The van der Waals surface area contributed by atoms with Gasteiger partial charge in [0.05, 0.1) is 11.6 Å². The van der Waals surface area contributed by atoms with Gasteiger partial charge in [0.1, 0.15) is 4.90 Å². The highest BCUT2D eigenvalue weighted by Gasteiger charge is 2.45. The van der Waals surface area contributed by atoms with Crippen LogP contribution >= 0.6 is 11.8 Å². The molecule has 1 saturated heterocycles. The molecular formula is C25H28N2O7S2. The number of carbonyl (C=O) groups is 3. The van der Waals surface area contributed by atoms with Crippen molar-refractivity contribution in [3.05, 3.63) is 77.9 Å². The number of hydrogen-bond acceptors (Lipinski definition) is 7. The van der Waals surface area contributed by atoms with E-state index in [1.807, 2.05) is 42.1 Å². The predicted molar refractivity (Wildman–Crippen MR) is 136 cm³/mol. The van der Waals surface area contributed by atoms with Gasteiger partial charge in [-0.15, -0.1) is 0 Å². The molecule has 1 amide bonds. The molecule has 2 aromatic carbocycles. The largest absolute Gasteiger partial charge is 0.478 e. The van der Waals surface area contributed by atoms with E-state index >= 15 is 0 Å². The summed E-state index contributed by atoms with van der Waals surface area (Å²) in [5.41, 5.74) is 1.12. The van der Waals surface area contributed by atoms with E-state index in [1.54, 1.807) is 18.2 Å². The summed E-state index contributed by atoms with van der Waals surface area (Å²) in [6.45, 7) is 3.96. The maximum atomic E-state index is 13.2. The fourth-order valence-electron chi connectivity index (χ4n) is 4.13. The van der Waals surface area contributed by atoms with Gasteiger partial charge in [-0.1, -0.05) is 42.5 Å². The van der Waals surface area contributed by atoms with E-state index in [2.05, 4.69) is 11.8 Å². The Morgan fingerprint density at radius 1 is 1.06 bits per heavy atom. The molecule has 2 N–H and O–H groups in total. The number of carboxylic acid groups (broad SMARTS) is 2. The molecule has 0 bridgehead atoms. The minimum Gasteiger partial charge on any atom is -0.478 e. The number of hydrogen-bond donors (Lipinski definition) is 2. The van der Waals surface area contributed by atoms with Crippen molar-refractivity contribution in [1.82, 2.24) is 9.21 Å². The van der Waals surface area contributed by atoms with Crippen LogP contribution in [-0.2, 0) is 19.6 Å². The standard InChI is InChI=1S/C21H24N2O3S2.C4H4O4/c1-16-15-27-14-13-22(16)12-11-19(17-7-3-2-4-8-17)23-21(24)18-9-5-6-10-20(18)28(23,25)26;5-3(6)1-2-4(7)8/h2-10,16,19H,11-15H2,1H3;1-2H,(H,5,6)(H,7,8). The number of rotatable bonds is 7. The summed E-state index contributed by atoms with van der Waals surface area (Å²) >= 11 is 1.95. The van der Waals surface area contributed by atoms with E-state index < -0.39 is 33.9 Å². The van der Waals surface area contributed by atoms with Crippen molar-refractivity contribution >= 4 is 39.6 Å². The number of nitrogens with zero attached hydrogens (tertiary/aromatic N) is 2. The molecule has 2 atom stereocenters. The van der Waals surface area contributed by atoms with Crippen LogP contribution in [0, 0.1) is 0 Å². The van der Waals surface area contributed by atoms with Gasteiger partial charge in [0.25, 0.3) is 15.9 Å². The van der Waals surface area contributed by atoms with Gasteiger partial charge in [0.2, 0.25) is 0 Å². The highest BCUT2D eigenvalue weighted by Crippen LogP contribution is 2.38. The van der Waals surface area contributed by atoms with Gasteiger partial charge < -0.3 is 10.2 Å². The van der Waals surface area contributed by atoms with Crippen molar-refractivity contribution in [1.29, 1.82) is 0 Å². The van der Waals surface area contributed by atoms with Gasteiger partial charge in [-0.2, -0.15) is 11.8 Å². The zero-order valence-corrected chi connectivity index (χ0v) is 21.3. The number of aliphatic carboxylic acids is 2. The van der Waals surface area contributed by atoms with E-state index in [9.17, 15) is 22.8 Å². The number of amides is 1. The molecule has 1 fully saturated rings. The molecule has 0 spiro atoms. The predicted octanol–water partition coefficient (Wildman–Crippen LogP) is 3.11. The third-order valence-electron chi connectivity index (χ3n) is 5.89. The summed E-state index contributed by atoms with van der Waals surface area (Å²) < 4.78 is 27.5. The first kappa shape index (κ1) is 27.4. The average Bonchev–Trinajstić information content (AvgIpc) is 3.06. The van der Waals surface area contributed by atoms with Gasteiger partial charge in [-0.25, -0.2) is 22.3 Å². The Labute approximate surface area is 214 Å². The number of sulfonamides is 1. The molecule has 4 rings (SSSR count). The van der Waals surface area contributed by atoms with Gasteiger partial charge in [0, 0.05) is 42.8 Å². The summed E-state index contributed by atoms with van der Waals surface area (Å²) in [6.07, 6.45) is 1.70. The van der Waals surface area contributed by atoms with E-state index in [0.717, 1.165) is 34.5 Å². The fourth-order valence-corrected chi connectivity index (χ4v) is 6.99. The molecule has 9 nitrogen and oxygen atoms in total. The molecular weight excluding hydrogens is 504 g/mol. The van der Waals surface area contributed by atoms with Crippen molar-refractivity contribution in [2.24, 2.45) is 0 Å². The first-order valence-corrected chi connectivity index (χ1v) is 13.9. The Morgan fingerprint density at radius 2 is 1.67 bits per heavy atom. The normalized spacial score (nSPS) is 19.9.